The molecule has 1 aliphatic heterocycles. The molecule has 1 atom stereocenters. The van der Waals surface area contributed by atoms with E-state index in [0.29, 0.717) is 13.2 Å². The van der Waals surface area contributed by atoms with Crippen LogP contribution in [0.1, 0.15) is 27.9 Å². The lowest BCUT2D eigenvalue weighted by atomic mass is 10.1. The number of amides is 1. The zero-order chi connectivity index (χ0) is 17.8. The summed E-state index contributed by atoms with van der Waals surface area (Å²) < 4.78 is 25.1. The number of carbonyl (C=O) groups is 1. The molecule has 1 unspecified atom stereocenters. The summed E-state index contributed by atoms with van der Waals surface area (Å²) in [7, 11) is 0. The predicted octanol–water partition coefficient (Wildman–Crippen LogP) is 3.18. The summed E-state index contributed by atoms with van der Waals surface area (Å²) in [5.74, 6) is 0.391. The molecule has 2 aromatic rings. The molecule has 0 bridgehead atoms. The molecule has 5 nitrogen and oxygen atoms in total. The highest BCUT2D eigenvalue weighted by molar-refractivity contribution is 6.33. The van der Waals surface area contributed by atoms with E-state index in [1.54, 1.807) is 0 Å². The number of carbonyl (C=O) groups excluding carboxylic acids is 1. The van der Waals surface area contributed by atoms with E-state index in [2.05, 4.69) is 10.2 Å². The molecule has 25 heavy (non-hydrogen) atoms. The molecule has 1 aliphatic rings. The van der Waals surface area contributed by atoms with E-state index in [9.17, 15) is 9.18 Å². The highest BCUT2D eigenvalue weighted by Crippen LogP contribution is 2.24. The fraction of sp³-hybridized carbons (Fsp3) is 0.389. The Labute approximate surface area is 150 Å². The first-order chi connectivity index (χ1) is 12.1. The highest BCUT2D eigenvalue weighted by atomic mass is 35.5. The van der Waals surface area contributed by atoms with Crippen molar-refractivity contribution in [2.45, 2.75) is 13.0 Å². The van der Waals surface area contributed by atoms with E-state index in [4.69, 9.17) is 20.8 Å². The van der Waals surface area contributed by atoms with Crippen LogP contribution in [0.15, 0.2) is 34.7 Å². The van der Waals surface area contributed by atoms with Crippen LogP contribution in [0.25, 0.3) is 0 Å². The number of benzene rings is 1. The standard InChI is InChI=1S/C18H20ClFN2O3/c1-12-5-6-16(25-12)15(22-7-9-24-10-8-22)11-21-18(23)17-13(19)3-2-4-14(17)20/h2-6,15H,7-11H2,1H3,(H,21,23). The lowest BCUT2D eigenvalue weighted by molar-refractivity contribution is 0.0117. The van der Waals surface area contributed by atoms with Crippen molar-refractivity contribution in [3.8, 4) is 0 Å². The summed E-state index contributed by atoms with van der Waals surface area (Å²) in [4.78, 5) is 14.6. The van der Waals surface area contributed by atoms with E-state index in [1.807, 2.05) is 19.1 Å². The van der Waals surface area contributed by atoms with Gasteiger partial charge in [-0.1, -0.05) is 17.7 Å². The topological polar surface area (TPSA) is 54.7 Å². The molecular weight excluding hydrogens is 347 g/mol. The second-order valence-electron chi connectivity index (χ2n) is 5.92. The number of morpholine rings is 1. The van der Waals surface area contributed by atoms with Crippen molar-refractivity contribution < 1.29 is 18.3 Å². The van der Waals surface area contributed by atoms with Gasteiger partial charge in [-0.25, -0.2) is 4.39 Å². The Kier molecular flexibility index (Phi) is 5.73. The third kappa shape index (κ3) is 4.21. The van der Waals surface area contributed by atoms with Crippen LogP contribution in [0.4, 0.5) is 4.39 Å². The molecule has 1 aromatic carbocycles. The monoisotopic (exact) mass is 366 g/mol. The Bertz CT molecular complexity index is 723. The first-order valence-electron chi connectivity index (χ1n) is 8.16. The van der Waals surface area contributed by atoms with Crippen molar-refractivity contribution in [2.75, 3.05) is 32.8 Å². The minimum atomic E-state index is -0.637. The van der Waals surface area contributed by atoms with Gasteiger partial charge in [-0.2, -0.15) is 0 Å². The molecule has 1 fully saturated rings. The van der Waals surface area contributed by atoms with Crippen molar-refractivity contribution in [1.82, 2.24) is 10.2 Å². The lowest BCUT2D eigenvalue weighted by Crippen LogP contribution is -2.43. The first kappa shape index (κ1) is 17.9. The van der Waals surface area contributed by atoms with Crippen LogP contribution in [0.2, 0.25) is 5.02 Å². The molecule has 0 radical (unpaired) electrons. The van der Waals surface area contributed by atoms with Gasteiger partial charge in [-0.3, -0.25) is 9.69 Å². The summed E-state index contributed by atoms with van der Waals surface area (Å²) in [5, 5.41) is 2.87. The van der Waals surface area contributed by atoms with E-state index in [1.165, 1.54) is 18.2 Å². The largest absolute Gasteiger partial charge is 0.465 e. The van der Waals surface area contributed by atoms with Gasteiger partial charge in [0.2, 0.25) is 0 Å². The van der Waals surface area contributed by atoms with Gasteiger partial charge in [0.25, 0.3) is 5.91 Å². The number of rotatable bonds is 5. The van der Waals surface area contributed by atoms with Crippen LogP contribution in [0.3, 0.4) is 0 Å². The van der Waals surface area contributed by atoms with Crippen LogP contribution in [0, 0.1) is 12.7 Å². The number of halogens is 2. The normalized spacial score (nSPS) is 16.6. The number of nitrogens with zero attached hydrogens (tertiary/aromatic N) is 1. The Morgan fingerprint density at radius 1 is 1.32 bits per heavy atom. The van der Waals surface area contributed by atoms with Gasteiger partial charge in [0.15, 0.2) is 0 Å². The van der Waals surface area contributed by atoms with Gasteiger partial charge >= 0.3 is 0 Å². The van der Waals surface area contributed by atoms with Gasteiger partial charge in [0, 0.05) is 19.6 Å². The van der Waals surface area contributed by atoms with Crippen LogP contribution in [0.5, 0.6) is 0 Å². The number of aryl methyl sites for hydroxylation is 1. The maximum absolute atomic E-state index is 13.9. The van der Waals surface area contributed by atoms with E-state index in [0.717, 1.165) is 24.6 Å². The molecule has 7 heteroatoms. The number of hydrogen-bond acceptors (Lipinski definition) is 4. The number of nitrogens with one attached hydrogen (secondary N) is 1. The van der Waals surface area contributed by atoms with Gasteiger partial charge < -0.3 is 14.5 Å². The van der Waals surface area contributed by atoms with Crippen LogP contribution in [-0.2, 0) is 4.74 Å². The van der Waals surface area contributed by atoms with Crippen molar-refractivity contribution in [2.24, 2.45) is 0 Å². The quantitative estimate of drug-likeness (QED) is 0.883. The zero-order valence-corrected chi connectivity index (χ0v) is 14.7. The first-order valence-corrected chi connectivity index (χ1v) is 8.54. The summed E-state index contributed by atoms with van der Waals surface area (Å²) >= 11 is 5.96. The second kappa shape index (κ2) is 7.99. The summed E-state index contributed by atoms with van der Waals surface area (Å²) in [5.41, 5.74) is -0.138. The maximum Gasteiger partial charge on any atom is 0.255 e. The van der Waals surface area contributed by atoms with Crippen molar-refractivity contribution in [3.63, 3.8) is 0 Å². The van der Waals surface area contributed by atoms with Crippen molar-refractivity contribution >= 4 is 17.5 Å². The average Bonchev–Trinajstić information content (AvgIpc) is 3.02. The van der Waals surface area contributed by atoms with Crippen molar-refractivity contribution in [1.29, 1.82) is 0 Å². The summed E-state index contributed by atoms with van der Waals surface area (Å²) in [6.45, 7) is 4.89. The van der Waals surface area contributed by atoms with Crippen LogP contribution in [-0.4, -0.2) is 43.7 Å². The lowest BCUT2D eigenvalue weighted by Gasteiger charge is -2.33. The average molecular weight is 367 g/mol. The van der Waals surface area contributed by atoms with Gasteiger partial charge in [-0.05, 0) is 31.2 Å². The van der Waals surface area contributed by atoms with E-state index >= 15 is 0 Å². The highest BCUT2D eigenvalue weighted by Gasteiger charge is 2.26. The molecule has 3 rings (SSSR count). The van der Waals surface area contributed by atoms with Crippen LogP contribution >= 0.6 is 11.6 Å². The fourth-order valence-corrected chi connectivity index (χ4v) is 3.17. The molecule has 0 saturated carbocycles. The van der Waals surface area contributed by atoms with Gasteiger partial charge in [-0.15, -0.1) is 0 Å². The number of hydrogen-bond donors (Lipinski definition) is 1. The molecule has 1 N–H and O–H groups in total. The molecule has 0 aliphatic carbocycles. The second-order valence-corrected chi connectivity index (χ2v) is 6.33. The third-order valence-electron chi connectivity index (χ3n) is 4.22. The van der Waals surface area contributed by atoms with Crippen LogP contribution < -0.4 is 5.32 Å². The van der Waals surface area contributed by atoms with E-state index < -0.39 is 11.7 Å². The number of furan rings is 1. The van der Waals surface area contributed by atoms with Gasteiger partial charge in [0.1, 0.15) is 17.3 Å². The third-order valence-corrected chi connectivity index (χ3v) is 4.54. The summed E-state index contributed by atoms with van der Waals surface area (Å²) in [6.07, 6.45) is 0. The zero-order valence-electron chi connectivity index (χ0n) is 13.9. The van der Waals surface area contributed by atoms with E-state index in [-0.39, 0.29) is 23.2 Å². The molecular formula is C18H20ClFN2O3. The number of ether oxygens (including phenoxy) is 1. The Morgan fingerprint density at radius 2 is 2.08 bits per heavy atom. The molecule has 1 amide bonds. The fourth-order valence-electron chi connectivity index (χ4n) is 2.92. The van der Waals surface area contributed by atoms with Gasteiger partial charge in [0.05, 0.1) is 29.8 Å². The molecule has 1 aromatic heterocycles. The van der Waals surface area contributed by atoms with Crippen molar-refractivity contribution in [3.05, 3.63) is 58.3 Å². The Balaban J connectivity index is 1.75. The predicted molar refractivity (Wildman–Crippen MR) is 92.3 cm³/mol. The maximum atomic E-state index is 13.9. The Morgan fingerprint density at radius 3 is 2.72 bits per heavy atom. The summed E-state index contributed by atoms with van der Waals surface area (Å²) in [6, 6.07) is 7.82. The Hall–Kier alpha value is -1.89. The molecule has 0 spiro atoms. The minimum absolute atomic E-state index is 0.0919. The smallest absolute Gasteiger partial charge is 0.255 e. The molecule has 134 valence electrons. The molecule has 1 saturated heterocycles. The SMILES string of the molecule is Cc1ccc(C(CNC(=O)c2c(F)cccc2Cl)N2CCOCC2)o1. The molecule has 2 heterocycles. The minimum Gasteiger partial charge on any atom is -0.465 e.